The summed E-state index contributed by atoms with van der Waals surface area (Å²) in [4.78, 5) is 6.60. The number of nitrogens with zero attached hydrogens (tertiary/aromatic N) is 1. The zero-order valence-electron chi connectivity index (χ0n) is 28.2. The molecule has 1 saturated heterocycles. The number of fused-ring (bicyclic) bond motifs is 6. The van der Waals surface area contributed by atoms with Crippen LogP contribution in [0.1, 0.15) is 71.8 Å². The van der Waals surface area contributed by atoms with Crippen molar-refractivity contribution in [2.24, 2.45) is 11.8 Å². The molecule has 0 bridgehead atoms. The number of aromatic nitrogens is 1. The minimum Gasteiger partial charge on any atom is -0.493 e. The Bertz CT molecular complexity index is 1850. The Kier molecular flexibility index (Phi) is 8.85. The molecule has 0 unspecified atom stereocenters. The highest BCUT2D eigenvalue weighted by molar-refractivity contribution is 5.86. The molecule has 0 radical (unpaired) electrons. The van der Waals surface area contributed by atoms with E-state index in [9.17, 15) is 0 Å². The lowest BCUT2D eigenvalue weighted by Gasteiger charge is -2.48. The Morgan fingerprint density at radius 3 is 2.33 bits per heavy atom. The van der Waals surface area contributed by atoms with Crippen LogP contribution in [0.5, 0.6) is 17.2 Å². The fourth-order valence-electron chi connectivity index (χ4n) is 8.57. The smallest absolute Gasteiger partial charge is 0.162 e. The van der Waals surface area contributed by atoms with E-state index in [-0.39, 0.29) is 0 Å². The number of piperidine rings is 1. The van der Waals surface area contributed by atoms with Gasteiger partial charge >= 0.3 is 0 Å². The molecule has 1 fully saturated rings. The fraction of sp³-hybridized carbons (Fsp3) is 0.381. The van der Waals surface area contributed by atoms with Gasteiger partial charge in [-0.15, -0.1) is 0 Å². The second-order valence-electron chi connectivity index (χ2n) is 13.9. The summed E-state index contributed by atoms with van der Waals surface area (Å²) >= 11 is 0. The summed E-state index contributed by atoms with van der Waals surface area (Å²) in [6.45, 7) is 6.77. The van der Waals surface area contributed by atoms with Crippen LogP contribution in [0, 0.1) is 11.8 Å². The second kappa shape index (κ2) is 13.7. The maximum Gasteiger partial charge on any atom is 0.162 e. The Morgan fingerprint density at radius 2 is 1.58 bits per heavy atom. The quantitative estimate of drug-likeness (QED) is 0.160. The number of ether oxygens (including phenoxy) is 3. The van der Waals surface area contributed by atoms with Crippen LogP contribution in [-0.4, -0.2) is 36.6 Å². The highest BCUT2D eigenvalue weighted by Crippen LogP contribution is 2.48. The number of methoxy groups -OCH3 is 1. The molecule has 1 aromatic heterocycles. The molecule has 6 nitrogen and oxygen atoms in total. The monoisotopic (exact) mass is 641 g/mol. The molecule has 0 aliphatic carbocycles. The van der Waals surface area contributed by atoms with Gasteiger partial charge in [0.1, 0.15) is 19.0 Å². The lowest BCUT2D eigenvalue weighted by Crippen LogP contribution is -2.46. The molecule has 6 heteroatoms. The molecule has 0 amide bonds. The van der Waals surface area contributed by atoms with E-state index in [0.717, 1.165) is 61.7 Å². The van der Waals surface area contributed by atoms with E-state index in [1.165, 1.54) is 51.7 Å². The van der Waals surface area contributed by atoms with Crippen molar-refractivity contribution in [3.8, 4) is 17.2 Å². The molecule has 8 rings (SSSR count). The zero-order valence-corrected chi connectivity index (χ0v) is 28.2. The first-order valence-electron chi connectivity index (χ1n) is 17.8. The molecule has 248 valence electrons. The third-order valence-electron chi connectivity index (χ3n) is 11.1. The number of rotatable bonds is 10. The number of nitrogens with one attached hydrogen (secondary N) is 2. The van der Waals surface area contributed by atoms with E-state index in [1.54, 1.807) is 7.11 Å². The lowest BCUT2D eigenvalue weighted by atomic mass is 9.73. The largest absolute Gasteiger partial charge is 0.493 e. The van der Waals surface area contributed by atoms with Crippen molar-refractivity contribution in [3.05, 3.63) is 125 Å². The lowest BCUT2D eigenvalue weighted by molar-refractivity contribution is 0.0432. The molecule has 5 aromatic rings. The van der Waals surface area contributed by atoms with Crippen molar-refractivity contribution in [2.75, 3.05) is 26.7 Å². The summed E-state index contributed by atoms with van der Waals surface area (Å²) in [5.41, 5.74) is 9.22. The van der Waals surface area contributed by atoms with Gasteiger partial charge in [0.2, 0.25) is 0 Å². The third-order valence-corrected chi connectivity index (χ3v) is 11.1. The summed E-state index contributed by atoms with van der Waals surface area (Å²) in [5, 5.41) is 5.23. The average molecular weight is 642 g/mol. The van der Waals surface area contributed by atoms with Crippen LogP contribution in [0.2, 0.25) is 0 Å². The normalized spacial score (nSPS) is 22.0. The zero-order chi connectivity index (χ0) is 32.5. The fourth-order valence-corrected chi connectivity index (χ4v) is 8.57. The Labute approximate surface area is 284 Å². The number of hydrogen-bond acceptors (Lipinski definition) is 5. The number of H-pyrrole nitrogens is 1. The van der Waals surface area contributed by atoms with Crippen LogP contribution in [0.4, 0.5) is 0 Å². The van der Waals surface area contributed by atoms with Crippen LogP contribution >= 0.6 is 0 Å². The molecule has 4 atom stereocenters. The van der Waals surface area contributed by atoms with Gasteiger partial charge in [-0.3, -0.25) is 4.90 Å². The van der Waals surface area contributed by atoms with Gasteiger partial charge in [-0.05, 0) is 102 Å². The Morgan fingerprint density at radius 1 is 0.812 bits per heavy atom. The van der Waals surface area contributed by atoms with E-state index in [1.807, 2.05) is 12.1 Å². The molecule has 0 saturated carbocycles. The van der Waals surface area contributed by atoms with Crippen LogP contribution in [0.3, 0.4) is 0 Å². The predicted molar refractivity (Wildman–Crippen MR) is 192 cm³/mol. The van der Waals surface area contributed by atoms with Crippen molar-refractivity contribution in [3.63, 3.8) is 0 Å². The molecule has 4 aromatic carbocycles. The SMILES string of the molecule is CC[C@H]1CN2CCc3cc(OC)c(OCc4ccccc4)cc3[C@@H]2C[C@@H]1C[C@@H]1NCCc2c1[nH]c1ccc(OCc3ccccc3)cc21. The molecule has 48 heavy (non-hydrogen) atoms. The van der Waals surface area contributed by atoms with E-state index >= 15 is 0 Å². The molecule has 3 aliphatic heterocycles. The van der Waals surface area contributed by atoms with Crippen molar-refractivity contribution < 1.29 is 14.2 Å². The standard InChI is InChI=1S/C42H47N3O3/c1-3-30-25-45-19-17-31-22-40(46-2)41(48-27-29-12-8-5-9-13-29)24-35(31)39(45)21-32(30)20-38-42-34(16-18-43-38)36-23-33(14-15-37(36)44-42)47-26-28-10-6-4-7-11-28/h4-15,22-24,30,32,38-39,43-44H,3,16-21,25-27H2,1-2H3/t30-,32-,38-,39-/m0/s1. The van der Waals surface area contributed by atoms with Gasteiger partial charge in [-0.2, -0.15) is 0 Å². The minimum atomic E-state index is 0.323. The van der Waals surface area contributed by atoms with Gasteiger partial charge in [0.15, 0.2) is 11.5 Å². The van der Waals surface area contributed by atoms with Crippen molar-refractivity contribution >= 4 is 10.9 Å². The molecule has 4 heterocycles. The number of aromatic amines is 1. The van der Waals surface area contributed by atoms with Gasteiger partial charge in [-0.1, -0.05) is 74.0 Å². The van der Waals surface area contributed by atoms with Crippen molar-refractivity contribution in [2.45, 2.75) is 64.3 Å². The molecular formula is C42H47N3O3. The maximum atomic E-state index is 6.40. The Balaban J connectivity index is 1.02. The van der Waals surface area contributed by atoms with Crippen LogP contribution < -0.4 is 19.5 Å². The summed E-state index contributed by atoms with van der Waals surface area (Å²) in [7, 11) is 1.75. The predicted octanol–water partition coefficient (Wildman–Crippen LogP) is 8.56. The summed E-state index contributed by atoms with van der Waals surface area (Å²) in [5.74, 6) is 3.92. The molecule has 0 spiro atoms. The van der Waals surface area contributed by atoms with E-state index < -0.39 is 0 Å². The summed E-state index contributed by atoms with van der Waals surface area (Å²) < 4.78 is 18.5. The van der Waals surface area contributed by atoms with Gasteiger partial charge in [0.25, 0.3) is 0 Å². The number of hydrogen-bond donors (Lipinski definition) is 2. The highest BCUT2D eigenvalue weighted by atomic mass is 16.5. The first-order valence-corrected chi connectivity index (χ1v) is 17.8. The number of benzene rings is 4. The van der Waals surface area contributed by atoms with Crippen LogP contribution in [-0.2, 0) is 26.1 Å². The minimum absolute atomic E-state index is 0.323. The van der Waals surface area contributed by atoms with E-state index in [4.69, 9.17) is 14.2 Å². The maximum absolute atomic E-state index is 6.40. The molecule has 2 N–H and O–H groups in total. The van der Waals surface area contributed by atoms with Gasteiger partial charge in [0.05, 0.1) is 7.11 Å². The first kappa shape index (κ1) is 31.0. The van der Waals surface area contributed by atoms with Crippen LogP contribution in [0.25, 0.3) is 10.9 Å². The van der Waals surface area contributed by atoms with Gasteiger partial charge in [-0.25, -0.2) is 0 Å². The van der Waals surface area contributed by atoms with Crippen LogP contribution in [0.15, 0.2) is 91.0 Å². The van der Waals surface area contributed by atoms with Crippen molar-refractivity contribution in [1.29, 1.82) is 0 Å². The topological polar surface area (TPSA) is 58.8 Å². The molecule has 3 aliphatic rings. The van der Waals surface area contributed by atoms with Crippen molar-refractivity contribution in [1.82, 2.24) is 15.2 Å². The van der Waals surface area contributed by atoms with E-state index in [0.29, 0.717) is 37.1 Å². The summed E-state index contributed by atoms with van der Waals surface area (Å²) in [6.07, 6.45) is 5.61. The highest BCUT2D eigenvalue weighted by Gasteiger charge is 2.40. The second-order valence-corrected chi connectivity index (χ2v) is 13.9. The van der Waals surface area contributed by atoms with Gasteiger partial charge in [0, 0.05) is 41.8 Å². The third kappa shape index (κ3) is 6.20. The van der Waals surface area contributed by atoms with Gasteiger partial charge < -0.3 is 24.5 Å². The average Bonchev–Trinajstić information content (AvgIpc) is 3.52. The first-order chi connectivity index (χ1) is 23.7. The van der Waals surface area contributed by atoms with E-state index in [2.05, 4.69) is 101 Å². The summed E-state index contributed by atoms with van der Waals surface area (Å²) in [6, 6.07) is 32.6. The Hall–Kier alpha value is -4.26. The molecular weight excluding hydrogens is 594 g/mol.